The Morgan fingerprint density at radius 2 is 1.83 bits per heavy atom. The van der Waals surface area contributed by atoms with E-state index >= 15 is 0 Å². The van der Waals surface area contributed by atoms with Crippen molar-refractivity contribution in [2.24, 2.45) is 17.8 Å². The summed E-state index contributed by atoms with van der Waals surface area (Å²) in [6, 6.07) is 17.7. The summed E-state index contributed by atoms with van der Waals surface area (Å²) >= 11 is 0. The Kier molecular flexibility index (Phi) is 12.3. The second-order valence-electron chi connectivity index (χ2n) is 13.0. The number of ether oxygens (including phenoxy) is 4. The number of imidazole rings is 1. The van der Waals surface area contributed by atoms with Crippen molar-refractivity contribution in [1.82, 2.24) is 14.5 Å². The largest absolute Gasteiger partial charge is 0.457 e. The Labute approximate surface area is 307 Å². The topological polar surface area (TPSA) is 193 Å². The highest BCUT2D eigenvalue weighted by molar-refractivity contribution is 6.07. The molecule has 0 radical (unpaired) electrons. The van der Waals surface area contributed by atoms with Gasteiger partial charge in [0.05, 0.1) is 43.8 Å². The van der Waals surface area contributed by atoms with Crippen LogP contribution in [0.3, 0.4) is 0 Å². The maximum atomic E-state index is 13.9. The van der Waals surface area contributed by atoms with Gasteiger partial charge >= 0.3 is 12.1 Å². The van der Waals surface area contributed by atoms with Gasteiger partial charge in [0.2, 0.25) is 0 Å². The number of fused-ring (bicyclic) bond motifs is 2. The van der Waals surface area contributed by atoms with Gasteiger partial charge in [-0.25, -0.2) is 14.8 Å². The van der Waals surface area contributed by atoms with Crippen molar-refractivity contribution in [2.45, 2.75) is 70.0 Å². The number of hydrogen-bond acceptors (Lipinski definition) is 11. The zero-order valence-electron chi connectivity index (χ0n) is 29.8. The molecule has 6 rings (SSSR count). The molecule has 4 N–H and O–H groups in total. The van der Waals surface area contributed by atoms with Crippen LogP contribution in [0, 0.1) is 0 Å². The Balaban J connectivity index is 1.07. The van der Waals surface area contributed by atoms with Gasteiger partial charge in [0.1, 0.15) is 35.8 Å². The fourth-order valence-electron chi connectivity index (χ4n) is 6.33. The van der Waals surface area contributed by atoms with Gasteiger partial charge in [-0.2, -0.15) is 4.99 Å². The van der Waals surface area contributed by atoms with Gasteiger partial charge < -0.3 is 39.7 Å². The number of pyridine rings is 1. The molecule has 4 atom stereocenters. The highest BCUT2D eigenvalue weighted by Gasteiger charge is 2.49. The molecule has 2 aromatic heterocycles. The Bertz CT molecular complexity index is 1920. The highest BCUT2D eigenvalue weighted by Crippen LogP contribution is 2.29. The summed E-state index contributed by atoms with van der Waals surface area (Å²) in [5, 5.41) is 13.3. The van der Waals surface area contributed by atoms with Crippen LogP contribution in [-0.4, -0.2) is 94.2 Å². The molecule has 2 aliphatic heterocycles. The second-order valence-corrected chi connectivity index (χ2v) is 13.0. The van der Waals surface area contributed by atoms with Crippen LogP contribution in [0.1, 0.15) is 60.8 Å². The van der Waals surface area contributed by atoms with Crippen LogP contribution < -0.4 is 16.0 Å². The Morgan fingerprint density at radius 3 is 2.60 bits per heavy atom. The predicted molar refractivity (Wildman–Crippen MR) is 197 cm³/mol. The molecule has 15 heteroatoms. The molecule has 0 aliphatic carbocycles. The number of aryl methyl sites for hydroxylation is 1. The molecule has 2 fully saturated rings. The van der Waals surface area contributed by atoms with E-state index in [4.69, 9.17) is 29.7 Å². The van der Waals surface area contributed by atoms with E-state index in [0.29, 0.717) is 35.6 Å². The number of anilines is 2. The molecule has 15 nitrogen and oxygen atoms in total. The molecule has 2 amide bonds. The third-order valence-electron chi connectivity index (χ3n) is 9.26. The Hall–Kier alpha value is -5.38. The molecule has 4 aromatic rings. The lowest BCUT2D eigenvalue weighted by molar-refractivity contribution is -0.153. The molecule has 0 saturated carbocycles. The molecule has 2 aromatic carbocycles. The van der Waals surface area contributed by atoms with Gasteiger partial charge in [-0.05, 0) is 61.0 Å². The van der Waals surface area contributed by atoms with Crippen molar-refractivity contribution >= 4 is 46.3 Å². The van der Waals surface area contributed by atoms with E-state index in [0.717, 1.165) is 42.7 Å². The molecule has 0 spiro atoms. The monoisotopic (exact) mass is 727 g/mol. The number of nitrogens with zero attached hydrogens (tertiary/aromatic N) is 5. The number of esters is 1. The normalized spacial score (nSPS) is 19.6. The number of aliphatic hydroxyl groups is 1. The van der Waals surface area contributed by atoms with Crippen LogP contribution in [0.4, 0.5) is 16.3 Å². The van der Waals surface area contributed by atoms with Crippen LogP contribution in [-0.2, 0) is 37.3 Å². The van der Waals surface area contributed by atoms with Crippen molar-refractivity contribution in [3.05, 3.63) is 83.8 Å². The number of amidine groups is 1. The lowest BCUT2D eigenvalue weighted by Crippen LogP contribution is -2.36. The van der Waals surface area contributed by atoms with Crippen molar-refractivity contribution in [3.8, 4) is 0 Å². The molecule has 280 valence electrons. The number of rotatable bonds is 15. The summed E-state index contributed by atoms with van der Waals surface area (Å²) in [5.74, 6) is 0.334. The number of carbonyl (C=O) groups is 3. The van der Waals surface area contributed by atoms with Gasteiger partial charge in [0.15, 0.2) is 6.10 Å². The van der Waals surface area contributed by atoms with Crippen LogP contribution in [0.15, 0.2) is 71.9 Å². The van der Waals surface area contributed by atoms with Crippen molar-refractivity contribution in [3.63, 3.8) is 0 Å². The average molecular weight is 728 g/mol. The summed E-state index contributed by atoms with van der Waals surface area (Å²) in [5.41, 5.74) is 9.28. The first-order valence-electron chi connectivity index (χ1n) is 17.9. The number of nitrogens with two attached hydrogens (primary N) is 1. The maximum Gasteiger partial charge on any atom is 0.435 e. The maximum absolute atomic E-state index is 13.9. The third-order valence-corrected chi connectivity index (χ3v) is 9.26. The second kappa shape index (κ2) is 17.4. The van der Waals surface area contributed by atoms with E-state index in [2.05, 4.69) is 22.2 Å². The minimum Gasteiger partial charge on any atom is -0.457 e. The van der Waals surface area contributed by atoms with Gasteiger partial charge in [0.25, 0.3) is 5.91 Å². The minimum absolute atomic E-state index is 0.0226. The Morgan fingerprint density at radius 1 is 1.04 bits per heavy atom. The average Bonchev–Trinajstić information content (AvgIpc) is 3.84. The first-order valence-corrected chi connectivity index (χ1v) is 17.9. The van der Waals surface area contributed by atoms with Crippen molar-refractivity contribution < 1.29 is 38.4 Å². The predicted octanol–water partition coefficient (Wildman–Crippen LogP) is 4.11. The highest BCUT2D eigenvalue weighted by atomic mass is 16.6. The summed E-state index contributed by atoms with van der Waals surface area (Å²) in [7, 11) is 1.90. The number of aromatic nitrogens is 3. The molecular weight excluding hydrogens is 682 g/mol. The number of aliphatic imine (C=N–C) groups is 1. The fourth-order valence-corrected chi connectivity index (χ4v) is 6.33. The summed E-state index contributed by atoms with van der Waals surface area (Å²) < 4.78 is 23.8. The lowest BCUT2D eigenvalue weighted by atomic mass is 10.1. The smallest absolute Gasteiger partial charge is 0.435 e. The van der Waals surface area contributed by atoms with Crippen LogP contribution in [0.25, 0.3) is 11.0 Å². The first-order chi connectivity index (χ1) is 25.7. The first kappa shape index (κ1) is 37.4. The van der Waals surface area contributed by atoms with Gasteiger partial charge in [-0.15, -0.1) is 0 Å². The van der Waals surface area contributed by atoms with Gasteiger partial charge in [-0.3, -0.25) is 14.5 Å². The number of amides is 2. The van der Waals surface area contributed by atoms with E-state index in [9.17, 15) is 19.5 Å². The summed E-state index contributed by atoms with van der Waals surface area (Å²) in [6.45, 7) is 3.12. The van der Waals surface area contributed by atoms with Crippen molar-refractivity contribution in [2.75, 3.05) is 36.6 Å². The fraction of sp³-hybridized carbons (Fsp3) is 0.421. The zero-order chi connectivity index (χ0) is 37.3. The van der Waals surface area contributed by atoms with E-state index in [-0.39, 0.29) is 37.9 Å². The number of aliphatic hydroxyl groups excluding tert-OH is 1. The molecular formula is C38H45N7O8. The van der Waals surface area contributed by atoms with Gasteiger partial charge in [0, 0.05) is 36.6 Å². The van der Waals surface area contributed by atoms with E-state index in [1.807, 2.05) is 29.8 Å². The molecule has 53 heavy (non-hydrogen) atoms. The number of hydrogen-bond donors (Lipinski definition) is 3. The van der Waals surface area contributed by atoms with Crippen LogP contribution in [0.5, 0.6) is 0 Å². The lowest BCUT2D eigenvalue weighted by Gasteiger charge is -2.22. The number of unbranched alkanes of at least 4 members (excludes halogenated alkanes) is 3. The van der Waals surface area contributed by atoms with Crippen LogP contribution >= 0.6 is 0 Å². The van der Waals surface area contributed by atoms with E-state index < -0.39 is 36.5 Å². The molecule has 2 aliphatic rings. The van der Waals surface area contributed by atoms with Crippen molar-refractivity contribution in [1.29, 1.82) is 0 Å². The summed E-state index contributed by atoms with van der Waals surface area (Å²) in [6.07, 6.45) is 2.39. The standard InChI is InChI=1S/C38H45N7O8/c1-3-4-5-8-19-50-38(49)43-36(39)24-10-13-26(14-11-24)41-21-32-42-27-20-25(12-15-28(27)44(32)2)37(48)45(31-9-6-7-17-40-31)18-16-33(47)53-30-23-52-34-29(46)22-51-35(30)34/h6-7,9-15,17,20,29-30,34-35,41,46H,3-5,8,16,18-19,21-23H2,1-2H3,(H2,39,43,49)/t29-,30+,34+,35+/m0/s1. The quantitative estimate of drug-likeness (QED) is 0.0688. The number of carbonyl (C=O) groups excluding carboxylic acids is 3. The summed E-state index contributed by atoms with van der Waals surface area (Å²) in [4.78, 5) is 53.3. The minimum atomic E-state index is -0.751. The van der Waals surface area contributed by atoms with E-state index in [1.165, 1.54) is 4.90 Å². The van der Waals surface area contributed by atoms with Crippen LogP contribution in [0.2, 0.25) is 0 Å². The third kappa shape index (κ3) is 9.17. The number of nitrogens with one attached hydrogen (secondary N) is 1. The molecule has 0 bridgehead atoms. The molecule has 0 unspecified atom stereocenters. The molecule has 4 heterocycles. The number of benzene rings is 2. The van der Waals surface area contributed by atoms with E-state index in [1.54, 1.807) is 48.7 Å². The molecule has 2 saturated heterocycles. The SMILES string of the molecule is CCCCCCOC(=O)/N=C(\N)c1ccc(NCc2nc3cc(C(=O)N(CCC(=O)O[C@@H]4CO[C@H]5[C@@H]4OC[C@@H]5O)c4ccccn4)ccc3n2C)cc1. The zero-order valence-corrected chi connectivity index (χ0v) is 29.8. The van der Waals surface area contributed by atoms with Gasteiger partial charge in [-0.1, -0.05) is 32.3 Å².